The molecule has 1 heterocycles. The average molecular weight is 462 g/mol. The van der Waals surface area contributed by atoms with Gasteiger partial charge in [-0.1, -0.05) is 73.0 Å². The molecule has 0 saturated carbocycles. The van der Waals surface area contributed by atoms with Crippen molar-refractivity contribution in [1.82, 2.24) is 10.2 Å². The van der Waals surface area contributed by atoms with Crippen LogP contribution in [0.15, 0.2) is 52.9 Å². The van der Waals surface area contributed by atoms with Gasteiger partial charge >= 0.3 is 0 Å². The van der Waals surface area contributed by atoms with Gasteiger partial charge in [0.05, 0.1) is 6.61 Å². The third-order valence-electron chi connectivity index (χ3n) is 4.29. The number of nitrogens with zero attached hydrogens (tertiary/aromatic N) is 2. The quantitative estimate of drug-likeness (QED) is 0.195. The summed E-state index contributed by atoms with van der Waals surface area (Å²) in [5, 5.41) is 12.2. The van der Waals surface area contributed by atoms with E-state index in [2.05, 4.69) is 22.4 Å². The maximum atomic E-state index is 12.4. The van der Waals surface area contributed by atoms with E-state index in [0.717, 1.165) is 32.8 Å². The van der Waals surface area contributed by atoms with Gasteiger partial charge in [0.1, 0.15) is 5.75 Å². The van der Waals surface area contributed by atoms with E-state index in [0.29, 0.717) is 17.3 Å². The van der Waals surface area contributed by atoms with Crippen LogP contribution in [0.5, 0.6) is 5.75 Å². The first-order chi connectivity index (χ1) is 14.6. The van der Waals surface area contributed by atoms with Gasteiger partial charge in [-0.15, -0.1) is 10.2 Å². The van der Waals surface area contributed by atoms with Crippen LogP contribution in [0.3, 0.4) is 0 Å². The van der Waals surface area contributed by atoms with Crippen molar-refractivity contribution < 1.29 is 9.53 Å². The molecule has 0 radical (unpaired) electrons. The Labute approximate surface area is 190 Å². The number of aromatic nitrogens is 2. The Morgan fingerprint density at radius 1 is 1.07 bits per heavy atom. The number of benzene rings is 2. The first-order valence-electron chi connectivity index (χ1n) is 9.89. The summed E-state index contributed by atoms with van der Waals surface area (Å²) in [5.74, 6) is 1.33. The number of anilines is 1. The SMILES string of the molecule is CCCCCCOc1ccc(C(=O)Nc2nnc(SCc3ccc(Cl)cc3)s2)cc1. The molecule has 0 spiro atoms. The molecule has 1 aromatic heterocycles. The van der Waals surface area contributed by atoms with Crippen molar-refractivity contribution in [3.05, 3.63) is 64.7 Å². The lowest BCUT2D eigenvalue weighted by atomic mass is 10.2. The molecule has 3 rings (SSSR count). The maximum absolute atomic E-state index is 12.4. The number of hydrogen-bond donors (Lipinski definition) is 1. The van der Waals surface area contributed by atoms with E-state index in [9.17, 15) is 4.79 Å². The zero-order valence-corrected chi connectivity index (χ0v) is 19.2. The first kappa shape index (κ1) is 22.6. The molecule has 0 aliphatic carbocycles. The molecule has 0 fully saturated rings. The zero-order valence-electron chi connectivity index (χ0n) is 16.8. The number of nitrogens with one attached hydrogen (secondary N) is 1. The van der Waals surface area contributed by atoms with Crippen LogP contribution < -0.4 is 10.1 Å². The molecule has 0 bridgehead atoms. The molecule has 8 heteroatoms. The number of rotatable bonds is 11. The van der Waals surface area contributed by atoms with Crippen molar-refractivity contribution in [2.45, 2.75) is 42.7 Å². The largest absolute Gasteiger partial charge is 0.494 e. The Kier molecular flexibility index (Phi) is 8.99. The monoisotopic (exact) mass is 461 g/mol. The summed E-state index contributed by atoms with van der Waals surface area (Å²) < 4.78 is 6.51. The van der Waals surface area contributed by atoms with Crippen molar-refractivity contribution in [2.75, 3.05) is 11.9 Å². The Morgan fingerprint density at radius 3 is 2.57 bits per heavy atom. The summed E-state index contributed by atoms with van der Waals surface area (Å²) in [6, 6.07) is 14.9. The van der Waals surface area contributed by atoms with Crippen LogP contribution in [0.25, 0.3) is 0 Å². The molecule has 1 N–H and O–H groups in total. The first-order valence-corrected chi connectivity index (χ1v) is 12.1. The van der Waals surface area contributed by atoms with Crippen LogP contribution in [-0.4, -0.2) is 22.7 Å². The molecule has 2 aromatic carbocycles. The van der Waals surface area contributed by atoms with Gasteiger partial charge in [-0.2, -0.15) is 0 Å². The Morgan fingerprint density at radius 2 is 1.83 bits per heavy atom. The Hall–Kier alpha value is -2.09. The van der Waals surface area contributed by atoms with Gasteiger partial charge in [0, 0.05) is 16.3 Å². The second-order valence-electron chi connectivity index (χ2n) is 6.68. The van der Waals surface area contributed by atoms with E-state index in [1.54, 1.807) is 23.9 Å². The maximum Gasteiger partial charge on any atom is 0.257 e. The number of hydrogen-bond acceptors (Lipinski definition) is 6. The minimum Gasteiger partial charge on any atom is -0.494 e. The third-order valence-corrected chi connectivity index (χ3v) is 6.58. The Bertz CT molecular complexity index is 930. The fraction of sp³-hybridized carbons (Fsp3) is 0.318. The van der Waals surface area contributed by atoms with E-state index < -0.39 is 0 Å². The molecule has 0 atom stereocenters. The molecule has 0 saturated heterocycles. The highest BCUT2D eigenvalue weighted by atomic mass is 35.5. The van der Waals surface area contributed by atoms with Gasteiger partial charge in [-0.05, 0) is 48.4 Å². The van der Waals surface area contributed by atoms with Crippen LogP contribution in [0.1, 0.15) is 48.5 Å². The highest BCUT2D eigenvalue weighted by molar-refractivity contribution is 8.00. The molecule has 3 aromatic rings. The fourth-order valence-electron chi connectivity index (χ4n) is 2.63. The van der Waals surface area contributed by atoms with Crippen LogP contribution in [0, 0.1) is 0 Å². The van der Waals surface area contributed by atoms with Crippen LogP contribution >= 0.6 is 34.7 Å². The van der Waals surface area contributed by atoms with Gasteiger partial charge in [-0.25, -0.2) is 0 Å². The van der Waals surface area contributed by atoms with E-state index in [1.165, 1.54) is 30.6 Å². The molecular weight excluding hydrogens is 438 g/mol. The number of carbonyl (C=O) groups is 1. The molecular formula is C22H24ClN3O2S2. The highest BCUT2D eigenvalue weighted by Gasteiger charge is 2.11. The van der Waals surface area contributed by atoms with Gasteiger partial charge in [0.15, 0.2) is 4.34 Å². The van der Waals surface area contributed by atoms with Gasteiger partial charge in [-0.3, -0.25) is 10.1 Å². The fourth-order valence-corrected chi connectivity index (χ4v) is 4.46. The van der Waals surface area contributed by atoms with Crippen LogP contribution in [0.4, 0.5) is 5.13 Å². The molecule has 0 aliphatic heterocycles. The van der Waals surface area contributed by atoms with Crippen molar-refractivity contribution in [3.8, 4) is 5.75 Å². The molecule has 0 unspecified atom stereocenters. The summed E-state index contributed by atoms with van der Waals surface area (Å²) >= 11 is 8.83. The van der Waals surface area contributed by atoms with Gasteiger partial charge in [0.25, 0.3) is 5.91 Å². The lowest BCUT2D eigenvalue weighted by Gasteiger charge is -2.07. The summed E-state index contributed by atoms with van der Waals surface area (Å²) in [5.41, 5.74) is 1.71. The topological polar surface area (TPSA) is 64.1 Å². The second-order valence-corrected chi connectivity index (χ2v) is 9.31. The standard InChI is InChI=1S/C22H24ClN3O2S2/c1-2-3-4-5-14-28-19-12-8-17(9-13-19)20(27)24-21-25-26-22(30-21)29-15-16-6-10-18(23)11-7-16/h6-13H,2-5,14-15H2,1H3,(H,24,25,27). The van der Waals surface area contributed by atoms with E-state index >= 15 is 0 Å². The minimum atomic E-state index is -0.213. The number of thioether (sulfide) groups is 1. The van der Waals surface area contributed by atoms with Crippen molar-refractivity contribution >= 4 is 45.7 Å². The zero-order chi connectivity index (χ0) is 21.2. The predicted octanol–water partition coefficient (Wildman–Crippen LogP) is 6.70. The number of halogens is 1. The minimum absolute atomic E-state index is 0.213. The van der Waals surface area contributed by atoms with E-state index in [-0.39, 0.29) is 5.91 Å². The van der Waals surface area contributed by atoms with E-state index in [4.69, 9.17) is 16.3 Å². The van der Waals surface area contributed by atoms with Gasteiger partial charge < -0.3 is 4.74 Å². The van der Waals surface area contributed by atoms with Crippen LogP contribution in [-0.2, 0) is 5.75 Å². The van der Waals surface area contributed by atoms with Crippen molar-refractivity contribution in [3.63, 3.8) is 0 Å². The van der Waals surface area contributed by atoms with Crippen LogP contribution in [0.2, 0.25) is 5.02 Å². The summed E-state index contributed by atoms with van der Waals surface area (Å²) in [4.78, 5) is 12.4. The number of unbranched alkanes of at least 4 members (excludes halogenated alkanes) is 3. The summed E-state index contributed by atoms with van der Waals surface area (Å²) in [7, 11) is 0. The summed E-state index contributed by atoms with van der Waals surface area (Å²) in [6.07, 6.45) is 4.67. The molecule has 1 amide bonds. The molecule has 5 nitrogen and oxygen atoms in total. The normalized spacial score (nSPS) is 10.7. The second kappa shape index (κ2) is 11.9. The number of ether oxygens (including phenoxy) is 1. The van der Waals surface area contributed by atoms with Crippen molar-refractivity contribution in [1.29, 1.82) is 0 Å². The third kappa shape index (κ3) is 7.31. The average Bonchev–Trinajstić information content (AvgIpc) is 3.21. The number of amides is 1. The Balaban J connectivity index is 1.45. The lowest BCUT2D eigenvalue weighted by Crippen LogP contribution is -2.11. The number of carbonyl (C=O) groups excluding carboxylic acids is 1. The van der Waals surface area contributed by atoms with E-state index in [1.807, 2.05) is 36.4 Å². The van der Waals surface area contributed by atoms with Crippen molar-refractivity contribution in [2.24, 2.45) is 0 Å². The van der Waals surface area contributed by atoms with Gasteiger partial charge in [0.2, 0.25) is 5.13 Å². The molecule has 30 heavy (non-hydrogen) atoms. The lowest BCUT2D eigenvalue weighted by molar-refractivity contribution is 0.102. The smallest absolute Gasteiger partial charge is 0.257 e. The molecule has 0 aliphatic rings. The molecule has 158 valence electrons. The highest BCUT2D eigenvalue weighted by Crippen LogP contribution is 2.29. The summed E-state index contributed by atoms with van der Waals surface area (Å²) in [6.45, 7) is 2.89. The predicted molar refractivity (Wildman–Crippen MR) is 125 cm³/mol.